The molecule has 0 amide bonds. The fourth-order valence-electron chi connectivity index (χ4n) is 7.00. The SMILES string of the molecule is Cc1cc(C)c(-[13c]2c(=O)[13c]2-c2c(C)cc(OCCC[P+](c3ccccc3)(c3ccccc3)c3ccccc3)cc2C)c(C)c1. The summed E-state index contributed by atoms with van der Waals surface area (Å²) in [6, 6.07) is 41.5. The van der Waals surface area contributed by atoms with E-state index in [1.165, 1.54) is 21.5 Å². The second-order valence-electron chi connectivity index (χ2n) is 12.0. The van der Waals surface area contributed by atoms with Crippen molar-refractivity contribution in [2.24, 2.45) is 0 Å². The maximum absolute atomic E-state index is 13.2. The van der Waals surface area contributed by atoms with Crippen molar-refractivity contribution in [3.63, 3.8) is 0 Å². The lowest BCUT2D eigenvalue weighted by Gasteiger charge is -2.27. The smallest absolute Gasteiger partial charge is 0.195 e. The highest BCUT2D eigenvalue weighted by Gasteiger charge is 2.44. The van der Waals surface area contributed by atoms with Gasteiger partial charge in [0.25, 0.3) is 0 Å². The van der Waals surface area contributed by atoms with Crippen LogP contribution in [0.25, 0.3) is 22.3 Å². The Kier molecular flexibility index (Phi) is 8.39. The molecule has 2 nitrogen and oxygen atoms in total. The summed E-state index contributed by atoms with van der Waals surface area (Å²) in [7, 11) is -1.88. The largest absolute Gasteiger partial charge is 0.493 e. The van der Waals surface area contributed by atoms with Crippen LogP contribution in [-0.2, 0) is 0 Å². The molecule has 44 heavy (non-hydrogen) atoms. The van der Waals surface area contributed by atoms with E-state index in [1.54, 1.807) is 0 Å². The van der Waals surface area contributed by atoms with Crippen LogP contribution in [0.2, 0.25) is 0 Å². The van der Waals surface area contributed by atoms with Crippen LogP contribution in [0.15, 0.2) is 120 Å². The van der Waals surface area contributed by atoms with E-state index in [4.69, 9.17) is 4.74 Å². The Morgan fingerprint density at radius 1 is 0.523 bits per heavy atom. The summed E-state index contributed by atoms with van der Waals surface area (Å²) in [6.45, 7) is 11.1. The van der Waals surface area contributed by atoms with E-state index >= 15 is 0 Å². The van der Waals surface area contributed by atoms with Crippen molar-refractivity contribution in [3.05, 3.63) is 153 Å². The summed E-state index contributed by atoms with van der Waals surface area (Å²) >= 11 is 0. The molecule has 0 unspecified atom stereocenters. The standard InChI is InChI=1S/C41H40O2P/c1-28-24-29(2)37(30(3)25-28)39-40(41(39)42)38-31(4)26-33(27-32(38)5)43-22-15-23-44(34-16-9-6-10-17-34,35-18-11-7-12-19-35)36-20-13-8-14-21-36/h6-14,16-21,24-27H,15,22-23H2,1-5H3/q+1/i39+1,40+1. The van der Waals surface area contributed by atoms with Crippen molar-refractivity contribution in [2.75, 3.05) is 12.8 Å². The zero-order chi connectivity index (χ0) is 30.8. The lowest BCUT2D eigenvalue weighted by molar-refractivity contribution is 0.318. The quantitative estimate of drug-likeness (QED) is 0.117. The van der Waals surface area contributed by atoms with Crippen molar-refractivity contribution >= 4 is 23.2 Å². The third kappa shape index (κ3) is 5.56. The molecule has 6 rings (SSSR count). The average molecular weight is 598 g/mol. The molecule has 0 saturated heterocycles. The highest BCUT2D eigenvalue weighted by atomic mass is 31.2. The van der Waals surface area contributed by atoms with Crippen molar-refractivity contribution < 1.29 is 4.74 Å². The topological polar surface area (TPSA) is 26.3 Å². The Balaban J connectivity index is 1.24. The van der Waals surface area contributed by atoms with Crippen molar-refractivity contribution in [1.29, 1.82) is 0 Å². The van der Waals surface area contributed by atoms with Gasteiger partial charge in [0, 0.05) is 17.5 Å². The molecule has 0 N–H and O–H groups in total. The van der Waals surface area contributed by atoms with E-state index < -0.39 is 7.26 Å². The zero-order valence-electron chi connectivity index (χ0n) is 26.4. The molecule has 0 aliphatic carbocycles. The first-order valence-electron chi connectivity index (χ1n) is 15.5. The first-order valence-corrected chi connectivity index (χ1v) is 17.4. The van der Waals surface area contributed by atoms with Crippen molar-refractivity contribution in [3.8, 4) is 28.0 Å². The minimum absolute atomic E-state index is 0.169. The Hall–Kier alpha value is -4.26. The van der Waals surface area contributed by atoms with Crippen LogP contribution in [0, 0.1) is 34.6 Å². The minimum Gasteiger partial charge on any atom is -0.493 e. The molecule has 0 heterocycles. The zero-order valence-corrected chi connectivity index (χ0v) is 27.2. The predicted molar refractivity (Wildman–Crippen MR) is 190 cm³/mol. The fourth-order valence-corrected chi connectivity index (χ4v) is 11.3. The van der Waals surface area contributed by atoms with Gasteiger partial charge in [0.2, 0.25) is 0 Å². The monoisotopic (exact) mass is 597 g/mol. The van der Waals surface area contributed by atoms with Gasteiger partial charge in [-0.1, -0.05) is 72.3 Å². The van der Waals surface area contributed by atoms with Crippen LogP contribution in [0.5, 0.6) is 5.75 Å². The first kappa shape index (κ1) is 29.8. The molecule has 0 bridgehead atoms. The third-order valence-corrected chi connectivity index (χ3v) is 13.3. The molecule has 0 aliphatic heterocycles. The van der Waals surface area contributed by atoms with E-state index in [9.17, 15) is 4.79 Å². The van der Waals surface area contributed by atoms with Gasteiger partial charge in [0.1, 0.15) is 28.9 Å². The highest BCUT2D eigenvalue weighted by molar-refractivity contribution is 7.95. The summed E-state index contributed by atoms with van der Waals surface area (Å²) < 4.78 is 6.43. The van der Waals surface area contributed by atoms with Gasteiger partial charge in [-0.05, 0) is 117 Å². The minimum atomic E-state index is -1.88. The van der Waals surface area contributed by atoms with Gasteiger partial charge >= 0.3 is 0 Å². The number of benzene rings is 5. The molecule has 0 aliphatic rings. The summed E-state index contributed by atoms with van der Waals surface area (Å²) in [5.74, 6) is 0.866. The van der Waals surface area contributed by atoms with Crippen LogP contribution in [0.3, 0.4) is 0 Å². The normalized spacial score (nSPS) is 11.7. The van der Waals surface area contributed by atoms with E-state index in [0.29, 0.717) is 6.61 Å². The molecule has 0 radical (unpaired) electrons. The van der Waals surface area contributed by atoms with E-state index in [0.717, 1.165) is 62.8 Å². The second-order valence-corrected chi connectivity index (χ2v) is 15.6. The Labute approximate surface area is 262 Å². The van der Waals surface area contributed by atoms with Crippen molar-refractivity contribution in [1.82, 2.24) is 0 Å². The molecule has 0 spiro atoms. The number of rotatable bonds is 10. The van der Waals surface area contributed by atoms with E-state index in [2.05, 4.69) is 150 Å². The Bertz CT molecular complexity index is 1770. The Morgan fingerprint density at radius 3 is 1.32 bits per heavy atom. The molecule has 0 aromatic heterocycles. The number of hydrogen-bond acceptors (Lipinski definition) is 2. The summed E-state index contributed by atoms with van der Waals surface area (Å²) in [6.07, 6.45) is 1.94. The molecule has 0 atom stereocenters. The van der Waals surface area contributed by atoms with Crippen LogP contribution in [0.1, 0.15) is 34.2 Å². The summed E-state index contributed by atoms with van der Waals surface area (Å²) in [5, 5.41) is 4.18. The molecule has 3 heteroatoms. The molecule has 6 aromatic carbocycles. The molecular weight excluding hydrogens is 557 g/mol. The number of aryl methyl sites for hydroxylation is 5. The predicted octanol–water partition coefficient (Wildman–Crippen LogP) is 8.56. The van der Waals surface area contributed by atoms with Gasteiger partial charge in [-0.2, -0.15) is 0 Å². The average Bonchev–Trinajstić information content (AvgIpc) is 3.66. The highest BCUT2D eigenvalue weighted by Crippen LogP contribution is 2.55. The second kappa shape index (κ2) is 12.4. The fraction of sp³-hybridized carbons (Fsp3) is 0.195. The number of hydrogen-bond donors (Lipinski definition) is 0. The van der Waals surface area contributed by atoms with Gasteiger partial charge in [-0.25, -0.2) is 0 Å². The van der Waals surface area contributed by atoms with E-state index in [1.807, 2.05) is 0 Å². The van der Waals surface area contributed by atoms with Gasteiger partial charge in [0.05, 0.1) is 12.8 Å². The first-order chi connectivity index (χ1) is 21.3. The van der Waals surface area contributed by atoms with Crippen LogP contribution in [0.4, 0.5) is 0 Å². The van der Waals surface area contributed by atoms with Gasteiger partial charge in [-0.3, -0.25) is 4.79 Å². The third-order valence-electron chi connectivity index (χ3n) is 8.82. The molecule has 220 valence electrons. The van der Waals surface area contributed by atoms with Gasteiger partial charge < -0.3 is 4.74 Å². The van der Waals surface area contributed by atoms with Crippen LogP contribution >= 0.6 is 7.26 Å². The molecule has 0 fully saturated rings. The Morgan fingerprint density at radius 2 is 0.909 bits per heavy atom. The summed E-state index contributed by atoms with van der Waals surface area (Å²) in [4.78, 5) is 13.2. The molecule has 6 aromatic rings. The molecule has 0 saturated carbocycles. The summed E-state index contributed by atoms with van der Waals surface area (Å²) in [5.41, 5.74) is 9.78. The lowest BCUT2D eigenvalue weighted by Crippen LogP contribution is -2.33. The number of ether oxygens (including phenoxy) is 1. The van der Waals surface area contributed by atoms with Gasteiger partial charge in [0.15, 0.2) is 5.43 Å². The van der Waals surface area contributed by atoms with E-state index in [-0.39, 0.29) is 5.43 Å². The van der Waals surface area contributed by atoms with Gasteiger partial charge in [-0.15, -0.1) is 0 Å². The molecular formula is C41H40O2P+. The van der Waals surface area contributed by atoms with Crippen molar-refractivity contribution in [2.45, 2.75) is 41.0 Å². The van der Waals surface area contributed by atoms with Crippen LogP contribution < -0.4 is 26.1 Å². The lowest BCUT2D eigenvalue weighted by atomic mass is 10.0. The maximum atomic E-state index is 13.2. The van der Waals surface area contributed by atoms with Crippen LogP contribution in [-0.4, -0.2) is 12.8 Å². The maximum Gasteiger partial charge on any atom is 0.195 e.